The molecule has 0 spiro atoms. The molecule has 28 heavy (non-hydrogen) atoms. The fourth-order valence-corrected chi connectivity index (χ4v) is 3.11. The molecule has 0 bridgehead atoms. The molecule has 2 rings (SSSR count). The van der Waals surface area contributed by atoms with Crippen molar-refractivity contribution in [3.63, 3.8) is 0 Å². The molecule has 0 radical (unpaired) electrons. The third kappa shape index (κ3) is 4.74. The van der Waals surface area contributed by atoms with Crippen LogP contribution in [0.5, 0.6) is 0 Å². The van der Waals surface area contributed by atoms with Gasteiger partial charge in [0.1, 0.15) is 23.9 Å². The number of carbonyl (C=O) groups is 2. The number of anilines is 2. The molecule has 150 valence electrons. The Balaban J connectivity index is 2.42. The van der Waals surface area contributed by atoms with Crippen LogP contribution in [0.1, 0.15) is 57.6 Å². The molecular weight excluding hydrogens is 362 g/mol. The summed E-state index contributed by atoms with van der Waals surface area (Å²) in [6.07, 6.45) is 0. The van der Waals surface area contributed by atoms with E-state index in [2.05, 4.69) is 5.32 Å². The van der Waals surface area contributed by atoms with Gasteiger partial charge in [-0.05, 0) is 35.1 Å². The molecule has 0 saturated heterocycles. The van der Waals surface area contributed by atoms with Gasteiger partial charge in [0.05, 0.1) is 5.69 Å². The van der Waals surface area contributed by atoms with Gasteiger partial charge in [-0.1, -0.05) is 52.0 Å². The van der Waals surface area contributed by atoms with Crippen molar-refractivity contribution in [2.45, 2.75) is 46.5 Å². The number of halogens is 2. The third-order valence-electron chi connectivity index (χ3n) is 4.52. The highest BCUT2D eigenvalue weighted by Crippen LogP contribution is 2.35. The summed E-state index contributed by atoms with van der Waals surface area (Å²) >= 11 is 0. The quantitative estimate of drug-likeness (QED) is 0.739. The molecule has 0 fully saturated rings. The van der Waals surface area contributed by atoms with E-state index >= 15 is 0 Å². The van der Waals surface area contributed by atoms with E-state index < -0.39 is 23.2 Å². The van der Waals surface area contributed by atoms with Gasteiger partial charge in [-0.15, -0.1) is 0 Å². The van der Waals surface area contributed by atoms with Gasteiger partial charge in [-0.25, -0.2) is 8.78 Å². The number of hydrogen-bond acceptors (Lipinski definition) is 2. The number of nitrogens with one attached hydrogen (secondary N) is 1. The lowest BCUT2D eigenvalue weighted by Gasteiger charge is -2.29. The molecule has 2 amide bonds. The Morgan fingerprint density at radius 3 is 1.82 bits per heavy atom. The molecule has 4 nitrogen and oxygen atoms in total. The monoisotopic (exact) mass is 388 g/mol. The zero-order valence-corrected chi connectivity index (χ0v) is 16.8. The number of amides is 2. The van der Waals surface area contributed by atoms with Crippen molar-refractivity contribution in [2.24, 2.45) is 0 Å². The Bertz CT molecular complexity index is 832. The normalized spacial score (nSPS) is 11.0. The van der Waals surface area contributed by atoms with Crippen molar-refractivity contribution >= 4 is 23.2 Å². The molecule has 6 heteroatoms. The molecule has 0 aliphatic rings. The number of hydrogen-bond donors (Lipinski definition) is 1. The number of carbonyl (C=O) groups excluding carboxylic acids is 2. The summed E-state index contributed by atoms with van der Waals surface area (Å²) in [7, 11) is 0. The minimum atomic E-state index is -0.867. The van der Waals surface area contributed by atoms with Crippen LogP contribution in [0, 0.1) is 11.6 Å². The summed E-state index contributed by atoms with van der Waals surface area (Å²) in [6.45, 7) is 9.07. The molecule has 2 aromatic carbocycles. The van der Waals surface area contributed by atoms with E-state index in [1.807, 2.05) is 45.9 Å². The summed E-state index contributed by atoms with van der Waals surface area (Å²) in [5, 5.41) is 2.25. The number of para-hydroxylation sites is 2. The maximum absolute atomic E-state index is 13.8. The predicted octanol–water partition coefficient (Wildman–Crippen LogP) is 5.20. The average Bonchev–Trinajstić information content (AvgIpc) is 2.62. The van der Waals surface area contributed by atoms with Gasteiger partial charge in [0, 0.05) is 6.92 Å². The second-order valence-corrected chi connectivity index (χ2v) is 7.34. The Morgan fingerprint density at radius 1 is 0.929 bits per heavy atom. The van der Waals surface area contributed by atoms with Crippen LogP contribution < -0.4 is 10.2 Å². The van der Waals surface area contributed by atoms with Gasteiger partial charge in [0.2, 0.25) is 11.8 Å². The van der Waals surface area contributed by atoms with Crippen molar-refractivity contribution in [1.82, 2.24) is 0 Å². The smallest absolute Gasteiger partial charge is 0.244 e. The van der Waals surface area contributed by atoms with Crippen molar-refractivity contribution in [2.75, 3.05) is 16.8 Å². The SMILES string of the molecule is CC(=O)N(CC(=O)Nc1c(F)cccc1F)c1c(C(C)C)cccc1C(C)C. The molecule has 0 unspecified atom stereocenters. The van der Waals surface area contributed by atoms with Crippen LogP contribution >= 0.6 is 0 Å². The van der Waals surface area contributed by atoms with Gasteiger partial charge >= 0.3 is 0 Å². The molecular formula is C22H26F2N2O2. The second kappa shape index (κ2) is 8.95. The highest BCUT2D eigenvalue weighted by molar-refractivity contribution is 6.02. The first-order valence-corrected chi connectivity index (χ1v) is 9.28. The Kier molecular flexibility index (Phi) is 6.89. The van der Waals surface area contributed by atoms with Crippen molar-refractivity contribution in [3.05, 3.63) is 59.2 Å². The molecule has 0 atom stereocenters. The molecule has 0 aromatic heterocycles. The van der Waals surface area contributed by atoms with E-state index in [1.54, 1.807) is 0 Å². The van der Waals surface area contributed by atoms with E-state index in [1.165, 1.54) is 17.9 Å². The Hall–Kier alpha value is -2.76. The molecule has 1 N–H and O–H groups in total. The summed E-state index contributed by atoms with van der Waals surface area (Å²) in [5.74, 6) is -2.47. The topological polar surface area (TPSA) is 49.4 Å². The van der Waals surface area contributed by atoms with Crippen molar-refractivity contribution < 1.29 is 18.4 Å². The lowest BCUT2D eigenvalue weighted by atomic mass is 9.91. The molecule has 0 aliphatic heterocycles. The van der Waals surface area contributed by atoms with Gasteiger partial charge in [0.25, 0.3) is 0 Å². The Labute approximate surface area is 164 Å². The van der Waals surface area contributed by atoms with E-state index in [0.717, 1.165) is 23.3 Å². The standard InChI is InChI=1S/C22H26F2N2O2/c1-13(2)16-8-6-9-17(14(3)4)22(16)26(15(5)27)12-20(28)25-21-18(23)10-7-11-19(21)24/h6-11,13-14H,12H2,1-5H3,(H,25,28). The lowest BCUT2D eigenvalue weighted by molar-refractivity contribution is -0.120. The van der Waals surface area contributed by atoms with Crippen LogP contribution in [0.15, 0.2) is 36.4 Å². The number of benzene rings is 2. The van der Waals surface area contributed by atoms with E-state index in [9.17, 15) is 18.4 Å². The number of rotatable bonds is 6. The zero-order valence-electron chi connectivity index (χ0n) is 16.8. The molecule has 0 saturated carbocycles. The minimum absolute atomic E-state index is 0.127. The summed E-state index contributed by atoms with van der Waals surface area (Å²) < 4.78 is 27.7. The lowest BCUT2D eigenvalue weighted by Crippen LogP contribution is -2.38. The highest BCUT2D eigenvalue weighted by atomic mass is 19.1. The van der Waals surface area contributed by atoms with Crippen LogP contribution in [0.3, 0.4) is 0 Å². The van der Waals surface area contributed by atoms with Gasteiger partial charge < -0.3 is 10.2 Å². The number of nitrogens with zero attached hydrogens (tertiary/aromatic N) is 1. The fourth-order valence-electron chi connectivity index (χ4n) is 3.11. The van der Waals surface area contributed by atoms with Gasteiger partial charge in [-0.3, -0.25) is 9.59 Å². The summed E-state index contributed by atoms with van der Waals surface area (Å²) in [6, 6.07) is 9.13. The first kappa shape index (κ1) is 21.5. The largest absolute Gasteiger partial charge is 0.320 e. The van der Waals surface area contributed by atoms with Crippen LogP contribution in [0.2, 0.25) is 0 Å². The molecule has 2 aromatic rings. The molecule has 0 heterocycles. The maximum Gasteiger partial charge on any atom is 0.244 e. The van der Waals surface area contributed by atoms with Crippen molar-refractivity contribution in [1.29, 1.82) is 0 Å². The third-order valence-corrected chi connectivity index (χ3v) is 4.52. The molecule has 0 aliphatic carbocycles. The fraction of sp³-hybridized carbons (Fsp3) is 0.364. The predicted molar refractivity (Wildman–Crippen MR) is 108 cm³/mol. The highest BCUT2D eigenvalue weighted by Gasteiger charge is 2.24. The minimum Gasteiger partial charge on any atom is -0.320 e. The van der Waals surface area contributed by atoms with Gasteiger partial charge in [0.15, 0.2) is 0 Å². The average molecular weight is 388 g/mol. The summed E-state index contributed by atoms with van der Waals surface area (Å²) in [5.41, 5.74) is 2.04. The second-order valence-electron chi connectivity index (χ2n) is 7.34. The van der Waals surface area contributed by atoms with Crippen LogP contribution in [-0.4, -0.2) is 18.4 Å². The van der Waals surface area contributed by atoms with Crippen molar-refractivity contribution in [3.8, 4) is 0 Å². The van der Waals surface area contributed by atoms with E-state index in [4.69, 9.17) is 0 Å². The first-order chi connectivity index (χ1) is 13.1. The van der Waals surface area contributed by atoms with Crippen LogP contribution in [0.25, 0.3) is 0 Å². The van der Waals surface area contributed by atoms with E-state index in [0.29, 0.717) is 5.69 Å². The van der Waals surface area contributed by atoms with E-state index in [-0.39, 0.29) is 24.3 Å². The van der Waals surface area contributed by atoms with Crippen LogP contribution in [-0.2, 0) is 9.59 Å². The summed E-state index contributed by atoms with van der Waals surface area (Å²) in [4.78, 5) is 26.3. The Morgan fingerprint density at radius 2 is 1.39 bits per heavy atom. The maximum atomic E-state index is 13.8. The zero-order chi connectivity index (χ0) is 21.0. The van der Waals surface area contributed by atoms with Crippen LogP contribution in [0.4, 0.5) is 20.2 Å². The first-order valence-electron chi connectivity index (χ1n) is 9.28. The van der Waals surface area contributed by atoms with Gasteiger partial charge in [-0.2, -0.15) is 0 Å².